The average Bonchev–Trinajstić information content (AvgIpc) is 2.62. The summed E-state index contributed by atoms with van der Waals surface area (Å²) in [5.41, 5.74) is 2.68. The van der Waals surface area contributed by atoms with Gasteiger partial charge in [0.15, 0.2) is 9.84 Å². The fourth-order valence-corrected chi connectivity index (χ4v) is 3.70. The third kappa shape index (κ3) is 6.08. The first kappa shape index (κ1) is 20.9. The molecule has 0 aliphatic heterocycles. The number of hydrogen-bond acceptors (Lipinski definition) is 4. The average molecular weight is 409 g/mol. The van der Waals surface area contributed by atoms with Crippen LogP contribution in [0.4, 0.5) is 5.69 Å². The molecule has 0 spiro atoms. The lowest BCUT2D eigenvalue weighted by Gasteiger charge is -2.11. The van der Waals surface area contributed by atoms with Gasteiger partial charge in [-0.2, -0.15) is 0 Å². The van der Waals surface area contributed by atoms with E-state index >= 15 is 0 Å². The van der Waals surface area contributed by atoms with Gasteiger partial charge in [0.25, 0.3) is 0 Å². The van der Waals surface area contributed by atoms with Crippen LogP contribution in [0.2, 0.25) is 5.02 Å². The highest BCUT2D eigenvalue weighted by Gasteiger charge is 2.17. The van der Waals surface area contributed by atoms with E-state index in [0.717, 1.165) is 11.1 Å². The van der Waals surface area contributed by atoms with Gasteiger partial charge in [0.2, 0.25) is 11.8 Å². The number of amides is 2. The number of halogens is 1. The molecule has 0 radical (unpaired) electrons. The molecule has 2 aromatic rings. The molecule has 8 heteroatoms. The second-order valence-electron chi connectivity index (χ2n) is 6.10. The van der Waals surface area contributed by atoms with Crippen molar-refractivity contribution in [1.29, 1.82) is 0 Å². The SMILES string of the molecule is Cc1cccc(NC(=O)CNC(=O)CCS(=O)(=O)c2ccc(Cl)cc2)c1C. The van der Waals surface area contributed by atoms with Crippen LogP contribution in [-0.4, -0.2) is 32.5 Å². The Morgan fingerprint density at radius 2 is 1.67 bits per heavy atom. The molecule has 2 amide bonds. The molecule has 0 bridgehead atoms. The third-order valence-corrected chi connectivity index (χ3v) is 6.08. The van der Waals surface area contributed by atoms with Crippen LogP contribution in [0.5, 0.6) is 0 Å². The van der Waals surface area contributed by atoms with Crippen molar-refractivity contribution in [2.24, 2.45) is 0 Å². The maximum absolute atomic E-state index is 12.2. The summed E-state index contributed by atoms with van der Waals surface area (Å²) in [5.74, 6) is -1.24. The third-order valence-electron chi connectivity index (χ3n) is 4.10. The van der Waals surface area contributed by atoms with E-state index in [1.54, 1.807) is 6.07 Å². The molecule has 0 unspecified atom stereocenters. The minimum Gasteiger partial charge on any atom is -0.347 e. The highest BCUT2D eigenvalue weighted by atomic mass is 35.5. The van der Waals surface area contributed by atoms with Crippen LogP contribution >= 0.6 is 11.6 Å². The first-order valence-electron chi connectivity index (χ1n) is 8.30. The van der Waals surface area contributed by atoms with Gasteiger partial charge in [0.05, 0.1) is 17.2 Å². The van der Waals surface area contributed by atoms with Crippen molar-refractivity contribution >= 4 is 38.9 Å². The van der Waals surface area contributed by atoms with Gasteiger partial charge in [-0.05, 0) is 55.3 Å². The highest BCUT2D eigenvalue weighted by molar-refractivity contribution is 7.91. The van der Waals surface area contributed by atoms with E-state index in [9.17, 15) is 18.0 Å². The van der Waals surface area contributed by atoms with E-state index in [4.69, 9.17) is 11.6 Å². The Labute approximate surface area is 163 Å². The molecule has 0 aliphatic rings. The van der Waals surface area contributed by atoms with Gasteiger partial charge in [0, 0.05) is 17.1 Å². The smallest absolute Gasteiger partial charge is 0.243 e. The fourth-order valence-electron chi connectivity index (χ4n) is 2.34. The molecule has 0 saturated heterocycles. The minimum atomic E-state index is -3.59. The molecule has 27 heavy (non-hydrogen) atoms. The summed E-state index contributed by atoms with van der Waals surface area (Å²) in [6.07, 6.45) is -0.234. The second-order valence-corrected chi connectivity index (χ2v) is 8.64. The van der Waals surface area contributed by atoms with Crippen molar-refractivity contribution in [1.82, 2.24) is 5.32 Å². The first-order chi connectivity index (χ1) is 12.7. The van der Waals surface area contributed by atoms with Crippen molar-refractivity contribution in [3.8, 4) is 0 Å². The van der Waals surface area contributed by atoms with E-state index in [1.807, 2.05) is 26.0 Å². The van der Waals surface area contributed by atoms with E-state index in [2.05, 4.69) is 10.6 Å². The van der Waals surface area contributed by atoms with Gasteiger partial charge >= 0.3 is 0 Å². The Hall–Kier alpha value is -2.38. The van der Waals surface area contributed by atoms with Gasteiger partial charge in [-0.3, -0.25) is 9.59 Å². The van der Waals surface area contributed by atoms with Crippen LogP contribution < -0.4 is 10.6 Å². The van der Waals surface area contributed by atoms with Gasteiger partial charge in [-0.15, -0.1) is 0 Å². The zero-order chi connectivity index (χ0) is 20.0. The maximum atomic E-state index is 12.2. The van der Waals surface area contributed by atoms with Crippen LogP contribution in [0.25, 0.3) is 0 Å². The van der Waals surface area contributed by atoms with Crippen molar-refractivity contribution in [2.75, 3.05) is 17.6 Å². The monoisotopic (exact) mass is 408 g/mol. The molecule has 144 valence electrons. The van der Waals surface area contributed by atoms with E-state index < -0.39 is 15.7 Å². The Morgan fingerprint density at radius 1 is 1.00 bits per heavy atom. The van der Waals surface area contributed by atoms with Gasteiger partial charge in [-0.25, -0.2) is 8.42 Å². The summed E-state index contributed by atoms with van der Waals surface area (Å²) in [6, 6.07) is 11.3. The molecule has 0 fully saturated rings. The number of aryl methyl sites for hydroxylation is 1. The molecule has 2 rings (SSSR count). The van der Waals surface area contributed by atoms with Crippen LogP contribution in [-0.2, 0) is 19.4 Å². The molecule has 0 atom stereocenters. The summed E-state index contributed by atoms with van der Waals surface area (Å²) in [4.78, 5) is 24.0. The molecule has 2 N–H and O–H groups in total. The zero-order valence-electron chi connectivity index (χ0n) is 15.1. The number of nitrogens with one attached hydrogen (secondary N) is 2. The zero-order valence-corrected chi connectivity index (χ0v) is 16.7. The lowest BCUT2D eigenvalue weighted by atomic mass is 10.1. The van der Waals surface area contributed by atoms with E-state index in [0.29, 0.717) is 10.7 Å². The van der Waals surface area contributed by atoms with Crippen molar-refractivity contribution in [3.63, 3.8) is 0 Å². The van der Waals surface area contributed by atoms with Crippen molar-refractivity contribution in [3.05, 3.63) is 58.6 Å². The predicted octanol–water partition coefficient (Wildman–Crippen LogP) is 2.88. The van der Waals surface area contributed by atoms with Gasteiger partial charge in [0.1, 0.15) is 0 Å². The number of anilines is 1. The van der Waals surface area contributed by atoms with Crippen molar-refractivity contribution < 1.29 is 18.0 Å². The lowest BCUT2D eigenvalue weighted by molar-refractivity contribution is -0.123. The summed E-state index contributed by atoms with van der Waals surface area (Å²) in [6.45, 7) is 3.60. The minimum absolute atomic E-state index is 0.104. The molecular formula is C19H21ClN2O4S. The molecule has 0 saturated carbocycles. The maximum Gasteiger partial charge on any atom is 0.243 e. The first-order valence-corrected chi connectivity index (χ1v) is 10.3. The Morgan fingerprint density at radius 3 is 2.33 bits per heavy atom. The number of carbonyl (C=O) groups is 2. The van der Waals surface area contributed by atoms with Gasteiger partial charge in [-0.1, -0.05) is 23.7 Å². The van der Waals surface area contributed by atoms with Crippen LogP contribution in [0.1, 0.15) is 17.5 Å². The number of rotatable bonds is 7. The van der Waals surface area contributed by atoms with Crippen LogP contribution in [0, 0.1) is 13.8 Å². The Balaban J connectivity index is 1.82. The molecular weight excluding hydrogens is 388 g/mol. The normalized spacial score (nSPS) is 11.1. The number of hydrogen-bond donors (Lipinski definition) is 2. The van der Waals surface area contributed by atoms with Crippen LogP contribution in [0.3, 0.4) is 0 Å². The topological polar surface area (TPSA) is 92.3 Å². The summed E-state index contributed by atoms with van der Waals surface area (Å²) in [7, 11) is -3.59. The molecule has 0 aliphatic carbocycles. The lowest BCUT2D eigenvalue weighted by Crippen LogP contribution is -2.33. The van der Waals surface area contributed by atoms with Crippen LogP contribution in [0.15, 0.2) is 47.4 Å². The summed E-state index contributed by atoms with van der Waals surface area (Å²) < 4.78 is 24.4. The highest BCUT2D eigenvalue weighted by Crippen LogP contribution is 2.18. The standard InChI is InChI=1S/C19H21ClN2O4S/c1-13-4-3-5-17(14(13)2)22-19(24)12-21-18(23)10-11-27(25,26)16-8-6-15(20)7-9-16/h3-9H,10-12H2,1-2H3,(H,21,23)(H,22,24). The molecule has 0 heterocycles. The number of carbonyl (C=O) groups excluding carboxylic acids is 2. The summed E-state index contributed by atoms with van der Waals surface area (Å²) >= 11 is 5.74. The Bertz CT molecular complexity index is 941. The fraction of sp³-hybridized carbons (Fsp3) is 0.263. The summed E-state index contributed by atoms with van der Waals surface area (Å²) in [5, 5.41) is 5.59. The second kappa shape index (κ2) is 9.01. The van der Waals surface area contributed by atoms with E-state index in [1.165, 1.54) is 24.3 Å². The van der Waals surface area contributed by atoms with E-state index in [-0.39, 0.29) is 29.5 Å². The quantitative estimate of drug-likeness (QED) is 0.736. The predicted molar refractivity (Wildman–Crippen MR) is 106 cm³/mol. The molecule has 0 aromatic heterocycles. The number of sulfone groups is 1. The largest absolute Gasteiger partial charge is 0.347 e. The number of benzene rings is 2. The Kier molecular flexibility index (Phi) is 6.98. The molecule has 6 nitrogen and oxygen atoms in total. The molecule has 2 aromatic carbocycles. The van der Waals surface area contributed by atoms with Crippen molar-refractivity contribution in [2.45, 2.75) is 25.2 Å². The van der Waals surface area contributed by atoms with Gasteiger partial charge < -0.3 is 10.6 Å².